The largest absolute Gasteiger partial charge is 0.344 e. The van der Waals surface area contributed by atoms with Gasteiger partial charge in [-0.3, -0.25) is 0 Å². The molecule has 0 fully saturated rings. The predicted molar refractivity (Wildman–Crippen MR) is 217 cm³/mol. The van der Waals surface area contributed by atoms with Crippen molar-refractivity contribution >= 4 is 33.3 Å². The third-order valence-corrected chi connectivity index (χ3v) is 12.3. The number of hydrogen-bond donors (Lipinski definition) is 0. The van der Waals surface area contributed by atoms with Crippen LogP contribution in [0.5, 0.6) is 0 Å². The Bertz CT molecular complexity index is 1530. The van der Waals surface area contributed by atoms with Crippen LogP contribution in [0.15, 0.2) is 90.7 Å². The molecule has 0 N–H and O–H groups in total. The summed E-state index contributed by atoms with van der Waals surface area (Å²) in [6.45, 7) is 21.1. The summed E-state index contributed by atoms with van der Waals surface area (Å²) in [5.41, 5.74) is 5.60. The third kappa shape index (κ3) is 10.5. The summed E-state index contributed by atoms with van der Waals surface area (Å²) < 4.78 is 5.10. The van der Waals surface area contributed by atoms with Crippen LogP contribution >= 0.6 is 11.3 Å². The molecular weight excluding hydrogens is 615 g/mol. The SMILES string of the molecule is CCCCCCCCCCCCN1\C(=C/C=C/C=C/C=C/c2sc3ccccc3[n+]2CCC[N+](CC)(CC)CC)C(C)(C)c2ccccc21. The van der Waals surface area contributed by atoms with Crippen molar-refractivity contribution in [3.05, 3.63) is 101 Å². The summed E-state index contributed by atoms with van der Waals surface area (Å²) in [6.07, 6.45) is 30.5. The molecule has 3 aromatic rings. The van der Waals surface area contributed by atoms with Crippen LogP contribution in [0, 0.1) is 0 Å². The Morgan fingerprint density at radius 1 is 0.694 bits per heavy atom. The average Bonchev–Trinajstić information content (AvgIpc) is 3.58. The van der Waals surface area contributed by atoms with E-state index in [0.29, 0.717) is 0 Å². The molecule has 1 aliphatic heterocycles. The van der Waals surface area contributed by atoms with Crippen LogP contribution < -0.4 is 9.47 Å². The zero-order chi connectivity index (χ0) is 35.0. The lowest BCUT2D eigenvalue weighted by Crippen LogP contribution is -2.49. The minimum atomic E-state index is 0.00175. The highest BCUT2D eigenvalue weighted by Crippen LogP contribution is 2.47. The molecule has 4 heteroatoms. The van der Waals surface area contributed by atoms with E-state index in [4.69, 9.17) is 0 Å². The van der Waals surface area contributed by atoms with Crippen LogP contribution in [0.4, 0.5) is 5.69 Å². The Hall–Kier alpha value is -2.95. The molecule has 0 amide bonds. The molecule has 0 spiro atoms. The van der Waals surface area contributed by atoms with Crippen molar-refractivity contribution in [3.63, 3.8) is 0 Å². The molecule has 1 aromatic heterocycles. The molecule has 0 saturated carbocycles. The van der Waals surface area contributed by atoms with Crippen LogP contribution in [-0.2, 0) is 12.0 Å². The van der Waals surface area contributed by atoms with Crippen LogP contribution in [-0.4, -0.2) is 37.2 Å². The van der Waals surface area contributed by atoms with Gasteiger partial charge in [-0.05, 0) is 51.0 Å². The van der Waals surface area contributed by atoms with E-state index >= 15 is 0 Å². The fourth-order valence-electron chi connectivity index (χ4n) is 7.73. The Kier molecular flexibility index (Phi) is 15.9. The number of aryl methyl sites for hydroxylation is 1. The number of fused-ring (bicyclic) bond motifs is 2. The number of aromatic nitrogens is 1. The number of allylic oxidation sites excluding steroid dienone is 7. The number of para-hydroxylation sites is 2. The van der Waals surface area contributed by atoms with Gasteiger partial charge in [-0.1, -0.05) is 151 Å². The minimum absolute atomic E-state index is 0.00175. The molecule has 4 rings (SSSR count). The molecule has 49 heavy (non-hydrogen) atoms. The van der Waals surface area contributed by atoms with E-state index in [2.05, 4.69) is 142 Å². The highest BCUT2D eigenvalue weighted by Gasteiger charge is 2.39. The molecule has 2 aromatic carbocycles. The van der Waals surface area contributed by atoms with Crippen LogP contribution in [0.1, 0.15) is 123 Å². The molecule has 3 nitrogen and oxygen atoms in total. The third-order valence-electron chi connectivity index (χ3n) is 11.1. The van der Waals surface area contributed by atoms with E-state index in [1.165, 1.54) is 133 Å². The second kappa shape index (κ2) is 20.0. The first-order valence-corrected chi connectivity index (χ1v) is 20.6. The highest BCUT2D eigenvalue weighted by molar-refractivity contribution is 7.18. The van der Waals surface area contributed by atoms with Gasteiger partial charge in [0.15, 0.2) is 6.54 Å². The Balaban J connectivity index is 1.36. The monoisotopic (exact) mass is 682 g/mol. The molecule has 0 saturated heterocycles. The lowest BCUT2D eigenvalue weighted by molar-refractivity contribution is -0.925. The standard InChI is InChI=1S/C45H67N3S/c1-7-11-12-13-14-15-16-17-21-28-36-46-40-31-25-24-30-39(40)45(5,6)43(46)34-22-19-18-20-23-35-44-47(41-32-26-27-33-42(41)49-44)37-29-38-48(8-2,9-3)10-4/h18-20,22-27,30-35H,7-17,21,28-29,36-38H2,1-6H3/q+2. The molecule has 0 radical (unpaired) electrons. The number of nitrogens with zero attached hydrogens (tertiary/aromatic N) is 3. The fourth-order valence-corrected chi connectivity index (χ4v) is 8.83. The molecule has 2 heterocycles. The van der Waals surface area contributed by atoms with Gasteiger partial charge < -0.3 is 9.38 Å². The summed E-state index contributed by atoms with van der Waals surface area (Å²) in [4.78, 5) is 2.60. The van der Waals surface area contributed by atoms with Gasteiger partial charge in [0, 0.05) is 35.5 Å². The van der Waals surface area contributed by atoms with Crippen molar-refractivity contribution in [3.8, 4) is 0 Å². The zero-order valence-corrected chi connectivity index (χ0v) is 32.7. The number of hydrogen-bond acceptors (Lipinski definition) is 2. The van der Waals surface area contributed by atoms with Gasteiger partial charge in [-0.25, -0.2) is 0 Å². The van der Waals surface area contributed by atoms with E-state index in [1.807, 2.05) is 11.3 Å². The average molecular weight is 682 g/mol. The number of rotatable bonds is 22. The first-order chi connectivity index (χ1) is 23.9. The number of thiazole rings is 1. The summed E-state index contributed by atoms with van der Waals surface area (Å²) in [7, 11) is 0. The lowest BCUT2D eigenvalue weighted by atomic mass is 9.84. The number of unbranched alkanes of at least 4 members (excludes halogenated alkanes) is 9. The number of quaternary nitrogens is 1. The van der Waals surface area contributed by atoms with E-state index in [-0.39, 0.29) is 5.41 Å². The van der Waals surface area contributed by atoms with E-state index < -0.39 is 0 Å². The molecule has 1 aliphatic rings. The number of benzene rings is 2. The zero-order valence-electron chi connectivity index (χ0n) is 31.9. The van der Waals surface area contributed by atoms with Gasteiger partial charge in [0.05, 0.1) is 32.6 Å². The van der Waals surface area contributed by atoms with Crippen molar-refractivity contribution in [2.24, 2.45) is 0 Å². The van der Waals surface area contributed by atoms with Crippen LogP contribution in [0.25, 0.3) is 16.3 Å². The van der Waals surface area contributed by atoms with Crippen molar-refractivity contribution in [1.82, 2.24) is 0 Å². The Morgan fingerprint density at radius 2 is 1.31 bits per heavy atom. The summed E-state index contributed by atoms with van der Waals surface area (Å²) in [6, 6.07) is 17.9. The molecule has 0 bridgehead atoms. The van der Waals surface area contributed by atoms with Crippen molar-refractivity contribution in [2.45, 2.75) is 124 Å². The minimum Gasteiger partial charge on any atom is -0.344 e. The normalized spacial score (nSPS) is 15.6. The highest BCUT2D eigenvalue weighted by atomic mass is 32.1. The van der Waals surface area contributed by atoms with Gasteiger partial charge in [0.2, 0.25) is 5.52 Å². The lowest BCUT2D eigenvalue weighted by Gasteiger charge is -2.35. The second-order valence-electron chi connectivity index (χ2n) is 14.6. The molecule has 0 aliphatic carbocycles. The second-order valence-corrected chi connectivity index (χ2v) is 15.6. The maximum atomic E-state index is 2.60. The Morgan fingerprint density at radius 3 is 2.02 bits per heavy atom. The van der Waals surface area contributed by atoms with E-state index in [9.17, 15) is 0 Å². The van der Waals surface area contributed by atoms with Crippen molar-refractivity contribution < 1.29 is 9.05 Å². The molecule has 0 unspecified atom stereocenters. The van der Waals surface area contributed by atoms with Gasteiger partial charge in [-0.15, -0.1) is 0 Å². The quantitative estimate of drug-likeness (QED) is 0.0443. The topological polar surface area (TPSA) is 7.12 Å². The van der Waals surface area contributed by atoms with Gasteiger partial charge in [0.1, 0.15) is 4.70 Å². The fraction of sp³-hybridized carbons (Fsp3) is 0.533. The molecule has 266 valence electrons. The van der Waals surface area contributed by atoms with Crippen LogP contribution in [0.3, 0.4) is 0 Å². The van der Waals surface area contributed by atoms with Crippen molar-refractivity contribution in [1.29, 1.82) is 0 Å². The van der Waals surface area contributed by atoms with E-state index in [0.717, 1.165) is 13.1 Å². The first-order valence-electron chi connectivity index (χ1n) is 19.8. The molecule has 0 atom stereocenters. The first kappa shape index (κ1) is 38.8. The van der Waals surface area contributed by atoms with Crippen molar-refractivity contribution in [2.75, 3.05) is 37.6 Å². The maximum absolute atomic E-state index is 2.60. The summed E-state index contributed by atoms with van der Waals surface area (Å²) in [5.74, 6) is 0. The number of anilines is 1. The molecular formula is C45H67N3S+2. The van der Waals surface area contributed by atoms with Gasteiger partial charge >= 0.3 is 0 Å². The van der Waals surface area contributed by atoms with E-state index in [1.54, 1.807) is 0 Å². The smallest absolute Gasteiger partial charge is 0.262 e. The summed E-state index contributed by atoms with van der Waals surface area (Å²) in [5, 5.41) is 1.33. The predicted octanol–water partition coefficient (Wildman–Crippen LogP) is 12.2. The maximum Gasteiger partial charge on any atom is 0.262 e. The summed E-state index contributed by atoms with van der Waals surface area (Å²) >= 11 is 1.90. The van der Waals surface area contributed by atoms with Crippen LogP contribution in [0.2, 0.25) is 0 Å². The Labute approximate surface area is 304 Å². The van der Waals surface area contributed by atoms with Gasteiger partial charge in [0.25, 0.3) is 5.01 Å². The van der Waals surface area contributed by atoms with Gasteiger partial charge in [-0.2, -0.15) is 4.57 Å².